The highest BCUT2D eigenvalue weighted by Crippen LogP contribution is 2.27. The first-order valence-electron chi connectivity index (χ1n) is 10.5. The molecule has 0 bridgehead atoms. The normalized spacial score (nSPS) is 11.0. The van der Waals surface area contributed by atoms with Crippen molar-refractivity contribution in [3.63, 3.8) is 0 Å². The van der Waals surface area contributed by atoms with Crippen molar-refractivity contribution in [3.8, 4) is 0 Å². The Bertz CT molecular complexity index is 1460. The van der Waals surface area contributed by atoms with Crippen LogP contribution in [-0.2, 0) is 0 Å². The van der Waals surface area contributed by atoms with E-state index in [1.165, 1.54) is 54.2 Å². The molecule has 144 valence electrons. The van der Waals surface area contributed by atoms with Crippen molar-refractivity contribution in [2.75, 3.05) is 0 Å². The van der Waals surface area contributed by atoms with E-state index in [4.69, 9.17) is 0 Å². The summed E-state index contributed by atoms with van der Waals surface area (Å²) in [6.45, 7) is 4.30. The van der Waals surface area contributed by atoms with Gasteiger partial charge in [-0.1, -0.05) is 115 Å². The molecule has 6 aromatic rings. The molecule has 6 aromatic carbocycles. The highest BCUT2D eigenvalue weighted by molar-refractivity contribution is 6.08. The van der Waals surface area contributed by atoms with Crippen molar-refractivity contribution < 1.29 is 0 Å². The number of hydrogen-bond donors (Lipinski definition) is 0. The molecule has 0 heteroatoms. The van der Waals surface area contributed by atoms with Gasteiger partial charge in [-0.25, -0.2) is 0 Å². The molecule has 0 saturated carbocycles. The zero-order valence-corrected chi connectivity index (χ0v) is 17.4. The maximum atomic E-state index is 2.26. The van der Waals surface area contributed by atoms with E-state index in [1.54, 1.807) is 0 Å². The lowest BCUT2D eigenvalue weighted by molar-refractivity contribution is 1.51. The fourth-order valence-electron chi connectivity index (χ4n) is 4.31. The van der Waals surface area contributed by atoms with E-state index < -0.39 is 0 Å². The molecule has 0 aliphatic carbocycles. The van der Waals surface area contributed by atoms with Crippen LogP contribution in [0.25, 0.3) is 43.1 Å². The van der Waals surface area contributed by atoms with Crippen molar-refractivity contribution in [3.05, 3.63) is 120 Å². The Morgan fingerprint density at radius 3 is 1.63 bits per heavy atom. The van der Waals surface area contributed by atoms with Gasteiger partial charge in [0.25, 0.3) is 0 Å². The second-order valence-corrected chi connectivity index (χ2v) is 7.97. The van der Waals surface area contributed by atoms with Crippen LogP contribution in [0.2, 0.25) is 0 Å². The van der Waals surface area contributed by atoms with Gasteiger partial charge in [0.1, 0.15) is 0 Å². The molecular formula is C30H24. The van der Waals surface area contributed by atoms with Crippen LogP contribution in [-0.4, -0.2) is 0 Å². The fraction of sp³-hybridized carbons (Fsp3) is 0.0667. The van der Waals surface area contributed by atoms with Gasteiger partial charge in [-0.3, -0.25) is 0 Å². The van der Waals surface area contributed by atoms with Crippen LogP contribution in [0.3, 0.4) is 0 Å². The van der Waals surface area contributed by atoms with Crippen LogP contribution in [0, 0.1) is 13.8 Å². The first-order valence-corrected chi connectivity index (χ1v) is 10.5. The summed E-state index contributed by atoms with van der Waals surface area (Å²) in [5, 5.41) is 10.7. The van der Waals surface area contributed by atoms with Crippen LogP contribution in [0.5, 0.6) is 0 Å². The molecule has 0 spiro atoms. The lowest BCUT2D eigenvalue weighted by Crippen LogP contribution is -1.80. The Morgan fingerprint density at radius 2 is 0.900 bits per heavy atom. The molecule has 0 unspecified atom stereocenters. The van der Waals surface area contributed by atoms with Crippen molar-refractivity contribution in [2.24, 2.45) is 0 Å². The van der Waals surface area contributed by atoms with E-state index in [9.17, 15) is 0 Å². The minimum absolute atomic E-state index is 1.32. The highest BCUT2D eigenvalue weighted by atomic mass is 14.0. The van der Waals surface area contributed by atoms with E-state index in [2.05, 4.69) is 123 Å². The van der Waals surface area contributed by atoms with Crippen molar-refractivity contribution in [1.82, 2.24) is 0 Å². The summed E-state index contributed by atoms with van der Waals surface area (Å²) >= 11 is 0. The van der Waals surface area contributed by atoms with Gasteiger partial charge in [0.15, 0.2) is 0 Å². The third kappa shape index (κ3) is 3.31. The second kappa shape index (κ2) is 7.65. The van der Waals surface area contributed by atoms with E-state index in [0.29, 0.717) is 0 Å². The van der Waals surface area contributed by atoms with Crippen molar-refractivity contribution >= 4 is 43.1 Å². The van der Waals surface area contributed by atoms with E-state index >= 15 is 0 Å². The SMILES string of the molecule is Cc1ccc2ccc3ccccc3c2c1.Cc1cccc2c1ccc1ccccc12. The summed E-state index contributed by atoms with van der Waals surface area (Å²) in [6, 6.07) is 39.0. The topological polar surface area (TPSA) is 0 Å². The van der Waals surface area contributed by atoms with Gasteiger partial charge in [0, 0.05) is 0 Å². The van der Waals surface area contributed by atoms with Crippen LogP contribution in [0.1, 0.15) is 11.1 Å². The molecule has 0 saturated heterocycles. The first-order chi connectivity index (χ1) is 14.7. The number of rotatable bonds is 0. The Labute approximate surface area is 177 Å². The number of fused-ring (bicyclic) bond motifs is 6. The smallest absolute Gasteiger partial charge is 0.0103 e. The zero-order chi connectivity index (χ0) is 20.5. The number of aryl methyl sites for hydroxylation is 2. The summed E-state index contributed by atoms with van der Waals surface area (Å²) in [7, 11) is 0. The summed E-state index contributed by atoms with van der Waals surface area (Å²) in [5.41, 5.74) is 2.66. The molecule has 0 aliphatic rings. The Balaban J connectivity index is 0.000000128. The van der Waals surface area contributed by atoms with E-state index in [1.807, 2.05) is 0 Å². The molecule has 0 radical (unpaired) electrons. The van der Waals surface area contributed by atoms with Crippen molar-refractivity contribution in [1.29, 1.82) is 0 Å². The van der Waals surface area contributed by atoms with Gasteiger partial charge >= 0.3 is 0 Å². The molecule has 0 aliphatic heterocycles. The van der Waals surface area contributed by atoms with Gasteiger partial charge in [0.2, 0.25) is 0 Å². The molecule has 0 fully saturated rings. The van der Waals surface area contributed by atoms with Crippen LogP contribution in [0.15, 0.2) is 109 Å². The molecular weight excluding hydrogens is 360 g/mol. The molecule has 0 aromatic heterocycles. The minimum Gasteiger partial charge on any atom is -0.0616 e. The lowest BCUT2D eigenvalue weighted by Gasteiger charge is -2.05. The maximum Gasteiger partial charge on any atom is -0.0103 e. The average molecular weight is 385 g/mol. The number of benzene rings is 6. The molecule has 30 heavy (non-hydrogen) atoms. The summed E-state index contributed by atoms with van der Waals surface area (Å²) in [4.78, 5) is 0. The lowest BCUT2D eigenvalue weighted by atomic mass is 9.99. The fourth-order valence-corrected chi connectivity index (χ4v) is 4.31. The van der Waals surface area contributed by atoms with Crippen LogP contribution in [0.4, 0.5) is 0 Å². The predicted molar refractivity (Wildman–Crippen MR) is 132 cm³/mol. The maximum absolute atomic E-state index is 2.26. The monoisotopic (exact) mass is 384 g/mol. The van der Waals surface area contributed by atoms with Gasteiger partial charge in [-0.05, 0) is 62.5 Å². The summed E-state index contributed by atoms with van der Waals surface area (Å²) < 4.78 is 0. The van der Waals surface area contributed by atoms with Crippen molar-refractivity contribution in [2.45, 2.75) is 13.8 Å². The Kier molecular flexibility index (Phi) is 4.69. The van der Waals surface area contributed by atoms with Gasteiger partial charge in [-0.2, -0.15) is 0 Å². The molecule has 0 amide bonds. The predicted octanol–water partition coefficient (Wildman–Crippen LogP) is 8.60. The Hall–Kier alpha value is -3.64. The molecule has 0 N–H and O–H groups in total. The quantitative estimate of drug-likeness (QED) is 0.230. The largest absolute Gasteiger partial charge is 0.0616 e. The molecule has 0 heterocycles. The Morgan fingerprint density at radius 1 is 0.367 bits per heavy atom. The van der Waals surface area contributed by atoms with Gasteiger partial charge < -0.3 is 0 Å². The second-order valence-electron chi connectivity index (χ2n) is 7.97. The standard InChI is InChI=1S/2C15H12/c1-11-5-4-8-15-13(11)10-9-12-6-2-3-7-14(12)15;1-11-6-7-13-9-8-12-4-2-3-5-14(12)15(13)10-11/h2*2-10H,1H3. The highest BCUT2D eigenvalue weighted by Gasteiger charge is 2.01. The summed E-state index contributed by atoms with van der Waals surface area (Å²) in [5.74, 6) is 0. The minimum atomic E-state index is 1.32. The molecule has 0 nitrogen and oxygen atoms in total. The van der Waals surface area contributed by atoms with E-state index in [0.717, 1.165) is 0 Å². The number of hydrogen-bond acceptors (Lipinski definition) is 0. The summed E-state index contributed by atoms with van der Waals surface area (Å²) in [6.07, 6.45) is 0. The van der Waals surface area contributed by atoms with Crippen LogP contribution >= 0.6 is 0 Å². The zero-order valence-electron chi connectivity index (χ0n) is 17.4. The molecule has 0 atom stereocenters. The van der Waals surface area contributed by atoms with Gasteiger partial charge in [-0.15, -0.1) is 0 Å². The third-order valence-electron chi connectivity index (χ3n) is 5.91. The van der Waals surface area contributed by atoms with Crippen LogP contribution < -0.4 is 0 Å². The van der Waals surface area contributed by atoms with Gasteiger partial charge in [0.05, 0.1) is 0 Å². The first kappa shape index (κ1) is 18.4. The average Bonchev–Trinajstić information content (AvgIpc) is 2.79. The van der Waals surface area contributed by atoms with E-state index in [-0.39, 0.29) is 0 Å². The molecule has 6 rings (SSSR count). The third-order valence-corrected chi connectivity index (χ3v) is 5.91.